The zero-order chi connectivity index (χ0) is 19.7. The molecule has 1 aliphatic heterocycles. The number of carbonyl (C=O) groups excluding carboxylic acids is 2. The quantitative estimate of drug-likeness (QED) is 0.734. The Labute approximate surface area is 163 Å². The molecule has 0 unspecified atom stereocenters. The highest BCUT2D eigenvalue weighted by Gasteiger charge is 2.25. The van der Waals surface area contributed by atoms with E-state index in [0.717, 1.165) is 34.3 Å². The van der Waals surface area contributed by atoms with E-state index >= 15 is 0 Å². The predicted octanol–water partition coefficient (Wildman–Crippen LogP) is 2.80. The van der Waals surface area contributed by atoms with E-state index < -0.39 is 0 Å². The van der Waals surface area contributed by atoms with Crippen LogP contribution in [0.3, 0.4) is 0 Å². The van der Waals surface area contributed by atoms with Crippen LogP contribution in [0.25, 0.3) is 10.9 Å². The van der Waals surface area contributed by atoms with Crippen molar-refractivity contribution in [1.29, 1.82) is 0 Å². The summed E-state index contributed by atoms with van der Waals surface area (Å²) >= 11 is 0. The zero-order valence-electron chi connectivity index (χ0n) is 16.0. The molecule has 4 rings (SSSR count). The van der Waals surface area contributed by atoms with E-state index in [1.54, 1.807) is 36.3 Å². The van der Waals surface area contributed by atoms with Gasteiger partial charge in [0.1, 0.15) is 5.75 Å². The Kier molecular flexibility index (Phi) is 4.77. The summed E-state index contributed by atoms with van der Waals surface area (Å²) in [7, 11) is 1.65. The third kappa shape index (κ3) is 3.22. The molecule has 28 heavy (non-hydrogen) atoms. The predicted molar refractivity (Wildman–Crippen MR) is 107 cm³/mol. The van der Waals surface area contributed by atoms with E-state index in [-0.39, 0.29) is 18.4 Å². The molecule has 0 radical (unpaired) electrons. The van der Waals surface area contributed by atoms with E-state index in [2.05, 4.69) is 17.2 Å². The molecule has 0 atom stereocenters. The van der Waals surface area contributed by atoms with Crippen molar-refractivity contribution < 1.29 is 14.3 Å². The van der Waals surface area contributed by atoms with Crippen molar-refractivity contribution >= 4 is 22.7 Å². The molecule has 0 spiro atoms. The number of hydrogen-bond acceptors (Lipinski definition) is 3. The number of carbonyl (C=O) groups is 2. The van der Waals surface area contributed by atoms with Gasteiger partial charge in [-0.1, -0.05) is 18.2 Å². The number of rotatable bonds is 4. The minimum absolute atomic E-state index is 0.0264. The van der Waals surface area contributed by atoms with Crippen LogP contribution in [-0.2, 0) is 17.8 Å². The number of nitrogens with zero attached hydrogens (tertiary/aromatic N) is 1. The Bertz CT molecular complexity index is 1040. The molecular weight excluding hydrogens is 354 g/mol. The fourth-order valence-corrected chi connectivity index (χ4v) is 3.89. The van der Waals surface area contributed by atoms with Crippen LogP contribution in [0.4, 0.5) is 0 Å². The van der Waals surface area contributed by atoms with Gasteiger partial charge >= 0.3 is 0 Å². The second-order valence-electron chi connectivity index (χ2n) is 7.01. The summed E-state index contributed by atoms with van der Waals surface area (Å²) < 4.78 is 5.56. The summed E-state index contributed by atoms with van der Waals surface area (Å²) in [5.74, 6) is 0.432. The lowest BCUT2D eigenvalue weighted by atomic mass is 10.0. The van der Waals surface area contributed by atoms with E-state index in [0.29, 0.717) is 18.7 Å². The average Bonchev–Trinajstić information content (AvgIpc) is 2.91. The number of aromatic nitrogens is 1. The molecular formula is C22H23N3O3. The highest BCUT2D eigenvalue weighted by Crippen LogP contribution is 2.35. The lowest BCUT2D eigenvalue weighted by molar-refractivity contribution is -0.130. The SMILES string of the molecule is COc1ccc2[nH]c(C)c3c2c1CN(C(=O)CNC(=O)c1ccccc1)CC3. The van der Waals surface area contributed by atoms with Crippen LogP contribution < -0.4 is 10.1 Å². The van der Waals surface area contributed by atoms with Gasteiger partial charge in [0.15, 0.2) is 0 Å². The van der Waals surface area contributed by atoms with Crippen LogP contribution in [0.1, 0.15) is 27.2 Å². The van der Waals surface area contributed by atoms with Gasteiger partial charge < -0.3 is 19.9 Å². The van der Waals surface area contributed by atoms with Gasteiger partial charge in [0.2, 0.25) is 5.91 Å². The summed E-state index contributed by atoms with van der Waals surface area (Å²) in [6.07, 6.45) is 0.768. The van der Waals surface area contributed by atoms with Gasteiger partial charge in [-0.25, -0.2) is 0 Å². The molecule has 0 saturated heterocycles. The molecule has 1 aliphatic rings. The van der Waals surface area contributed by atoms with Crippen molar-refractivity contribution in [3.63, 3.8) is 0 Å². The Morgan fingerprint density at radius 2 is 1.93 bits per heavy atom. The number of hydrogen-bond donors (Lipinski definition) is 2. The molecule has 0 bridgehead atoms. The first kappa shape index (κ1) is 18.1. The fourth-order valence-electron chi connectivity index (χ4n) is 3.89. The molecule has 0 aliphatic carbocycles. The maximum atomic E-state index is 12.8. The Balaban J connectivity index is 1.53. The largest absolute Gasteiger partial charge is 0.496 e. The molecule has 3 aromatic rings. The molecule has 2 N–H and O–H groups in total. The number of amides is 2. The summed E-state index contributed by atoms with van der Waals surface area (Å²) in [5.41, 5.74) is 4.97. The molecule has 0 fully saturated rings. The van der Waals surface area contributed by atoms with Gasteiger partial charge in [-0.05, 0) is 43.2 Å². The highest BCUT2D eigenvalue weighted by molar-refractivity contribution is 5.96. The number of aryl methyl sites for hydroxylation is 1. The Morgan fingerprint density at radius 1 is 1.14 bits per heavy atom. The Morgan fingerprint density at radius 3 is 2.68 bits per heavy atom. The van der Waals surface area contributed by atoms with Crippen molar-refractivity contribution in [2.45, 2.75) is 19.9 Å². The minimum atomic E-state index is -0.245. The molecule has 6 nitrogen and oxygen atoms in total. The van der Waals surface area contributed by atoms with Crippen LogP contribution in [0.5, 0.6) is 5.75 Å². The van der Waals surface area contributed by atoms with Crippen LogP contribution in [0.2, 0.25) is 0 Å². The van der Waals surface area contributed by atoms with Gasteiger partial charge in [0.05, 0.1) is 20.2 Å². The van der Waals surface area contributed by atoms with Gasteiger partial charge in [-0.2, -0.15) is 0 Å². The minimum Gasteiger partial charge on any atom is -0.496 e. The van der Waals surface area contributed by atoms with Gasteiger partial charge in [-0.3, -0.25) is 9.59 Å². The summed E-state index contributed by atoms with van der Waals surface area (Å²) in [5, 5.41) is 3.88. The average molecular weight is 377 g/mol. The second kappa shape index (κ2) is 7.38. The second-order valence-corrected chi connectivity index (χ2v) is 7.01. The third-order valence-electron chi connectivity index (χ3n) is 5.34. The van der Waals surface area contributed by atoms with Crippen LogP contribution >= 0.6 is 0 Å². The molecule has 6 heteroatoms. The van der Waals surface area contributed by atoms with Crippen molar-refractivity contribution in [3.05, 3.63) is 64.8 Å². The number of ether oxygens (including phenoxy) is 1. The first-order chi connectivity index (χ1) is 13.6. The maximum Gasteiger partial charge on any atom is 0.251 e. The molecule has 144 valence electrons. The van der Waals surface area contributed by atoms with E-state index in [9.17, 15) is 9.59 Å². The fraction of sp³-hybridized carbons (Fsp3) is 0.273. The topological polar surface area (TPSA) is 74.4 Å². The van der Waals surface area contributed by atoms with E-state index in [4.69, 9.17) is 4.74 Å². The summed E-state index contributed by atoms with van der Waals surface area (Å²) in [6.45, 7) is 3.10. The highest BCUT2D eigenvalue weighted by atomic mass is 16.5. The monoisotopic (exact) mass is 377 g/mol. The van der Waals surface area contributed by atoms with Gasteiger partial charge in [0, 0.05) is 34.3 Å². The first-order valence-electron chi connectivity index (χ1n) is 9.36. The van der Waals surface area contributed by atoms with Crippen LogP contribution in [0, 0.1) is 6.92 Å². The van der Waals surface area contributed by atoms with E-state index in [1.807, 2.05) is 18.2 Å². The normalized spacial score (nSPS) is 13.3. The lowest BCUT2D eigenvalue weighted by Crippen LogP contribution is -2.40. The van der Waals surface area contributed by atoms with E-state index in [1.165, 1.54) is 5.56 Å². The van der Waals surface area contributed by atoms with Crippen molar-refractivity contribution in [2.24, 2.45) is 0 Å². The van der Waals surface area contributed by atoms with Crippen molar-refractivity contribution in [1.82, 2.24) is 15.2 Å². The van der Waals surface area contributed by atoms with Crippen molar-refractivity contribution in [2.75, 3.05) is 20.2 Å². The number of H-pyrrole nitrogens is 1. The molecule has 2 heterocycles. The summed E-state index contributed by atoms with van der Waals surface area (Å²) in [6, 6.07) is 12.9. The zero-order valence-corrected chi connectivity index (χ0v) is 16.0. The number of aromatic amines is 1. The smallest absolute Gasteiger partial charge is 0.251 e. The summed E-state index contributed by atoms with van der Waals surface area (Å²) in [4.78, 5) is 30.3. The molecule has 2 amide bonds. The van der Waals surface area contributed by atoms with Gasteiger partial charge in [-0.15, -0.1) is 0 Å². The standard InChI is InChI=1S/C22H23N3O3/c1-14-16-10-11-25(13-17-19(28-2)9-8-18(24-14)21(16)17)20(26)12-23-22(27)15-6-4-3-5-7-15/h3-9,24H,10-13H2,1-2H3,(H,23,27). The van der Waals surface area contributed by atoms with Crippen LogP contribution in [-0.4, -0.2) is 41.9 Å². The molecule has 0 saturated carbocycles. The molecule has 1 aromatic heterocycles. The number of methoxy groups -OCH3 is 1. The van der Waals surface area contributed by atoms with Gasteiger partial charge in [0.25, 0.3) is 5.91 Å². The lowest BCUT2D eigenvalue weighted by Gasteiger charge is -2.22. The van der Waals surface area contributed by atoms with Crippen molar-refractivity contribution in [3.8, 4) is 5.75 Å². The first-order valence-corrected chi connectivity index (χ1v) is 9.36. The maximum absolute atomic E-state index is 12.8. The van der Waals surface area contributed by atoms with Crippen LogP contribution in [0.15, 0.2) is 42.5 Å². The third-order valence-corrected chi connectivity index (χ3v) is 5.34. The Hall–Kier alpha value is -3.28. The molecule has 2 aromatic carbocycles. The number of nitrogens with one attached hydrogen (secondary N) is 2. The number of benzene rings is 2.